The summed E-state index contributed by atoms with van der Waals surface area (Å²) >= 11 is 11.9. The number of aliphatic hydroxyl groups excluding tert-OH is 1. The van der Waals surface area contributed by atoms with E-state index in [-0.39, 0.29) is 6.61 Å². The number of nitrogens with zero attached hydrogens (tertiary/aromatic N) is 2. The largest absolute Gasteiger partial charge is 0.395 e. The number of hydrogen-bond acceptors (Lipinski definition) is 3. The van der Waals surface area contributed by atoms with Gasteiger partial charge in [-0.3, -0.25) is 4.90 Å². The lowest BCUT2D eigenvalue weighted by molar-refractivity contribution is 0.136. The maximum Gasteiger partial charge on any atom is 0.135 e. The number of hydrogen-bond donors (Lipinski definition) is 1. The molecule has 0 radical (unpaired) electrons. The molecule has 0 atom stereocenters. The Morgan fingerprint density at radius 2 is 1.94 bits per heavy atom. The highest BCUT2D eigenvalue weighted by molar-refractivity contribution is 6.32. The van der Waals surface area contributed by atoms with Crippen molar-refractivity contribution in [2.24, 2.45) is 0 Å². The van der Waals surface area contributed by atoms with E-state index in [4.69, 9.17) is 28.3 Å². The minimum atomic E-state index is 0.148. The van der Waals surface area contributed by atoms with Crippen molar-refractivity contribution in [2.45, 2.75) is 39.3 Å². The maximum absolute atomic E-state index is 9.16. The first-order chi connectivity index (χ1) is 8.62. The Balaban J connectivity index is 2.82. The summed E-state index contributed by atoms with van der Waals surface area (Å²) in [5.74, 6) is 0. The highest BCUT2D eigenvalue weighted by Crippen LogP contribution is 2.20. The SMILES string of the molecule is CCC(CC)N(CCO)Cc1ccc(Cl)nc1Cl. The van der Waals surface area contributed by atoms with E-state index in [2.05, 4.69) is 23.7 Å². The molecule has 102 valence electrons. The van der Waals surface area contributed by atoms with Crippen LogP contribution in [0, 0.1) is 0 Å². The van der Waals surface area contributed by atoms with Gasteiger partial charge in [0.05, 0.1) is 6.61 Å². The van der Waals surface area contributed by atoms with E-state index in [1.165, 1.54) is 0 Å². The summed E-state index contributed by atoms with van der Waals surface area (Å²) in [4.78, 5) is 6.27. The normalized spacial score (nSPS) is 11.5. The van der Waals surface area contributed by atoms with Gasteiger partial charge in [-0.2, -0.15) is 0 Å². The topological polar surface area (TPSA) is 36.4 Å². The lowest BCUT2D eigenvalue weighted by Gasteiger charge is -2.30. The molecule has 0 aliphatic rings. The van der Waals surface area contributed by atoms with Gasteiger partial charge in [-0.1, -0.05) is 43.1 Å². The van der Waals surface area contributed by atoms with Crippen molar-refractivity contribution in [3.05, 3.63) is 28.0 Å². The van der Waals surface area contributed by atoms with E-state index in [1.54, 1.807) is 6.07 Å². The molecular formula is C13H20Cl2N2O. The second kappa shape index (κ2) is 7.95. The smallest absolute Gasteiger partial charge is 0.135 e. The monoisotopic (exact) mass is 290 g/mol. The van der Waals surface area contributed by atoms with Gasteiger partial charge in [0.15, 0.2) is 0 Å². The van der Waals surface area contributed by atoms with E-state index >= 15 is 0 Å². The van der Waals surface area contributed by atoms with Crippen LogP contribution in [-0.2, 0) is 6.54 Å². The first-order valence-electron chi connectivity index (χ1n) is 6.28. The fourth-order valence-electron chi connectivity index (χ4n) is 2.10. The van der Waals surface area contributed by atoms with Crippen molar-refractivity contribution in [1.29, 1.82) is 0 Å². The maximum atomic E-state index is 9.16. The molecule has 0 aliphatic heterocycles. The molecule has 18 heavy (non-hydrogen) atoms. The summed E-state index contributed by atoms with van der Waals surface area (Å²) in [6.45, 7) is 5.79. The zero-order valence-electron chi connectivity index (χ0n) is 10.9. The van der Waals surface area contributed by atoms with Crippen LogP contribution in [0.1, 0.15) is 32.3 Å². The predicted molar refractivity (Wildman–Crippen MR) is 76.1 cm³/mol. The van der Waals surface area contributed by atoms with Crippen LogP contribution < -0.4 is 0 Å². The molecule has 0 fully saturated rings. The van der Waals surface area contributed by atoms with Gasteiger partial charge in [-0.05, 0) is 18.9 Å². The molecule has 5 heteroatoms. The zero-order chi connectivity index (χ0) is 13.5. The molecule has 0 bridgehead atoms. The molecule has 0 unspecified atom stereocenters. The second-order valence-corrected chi connectivity index (χ2v) is 4.99. The van der Waals surface area contributed by atoms with Crippen LogP contribution in [0.25, 0.3) is 0 Å². The van der Waals surface area contributed by atoms with Crippen LogP contribution in [0.4, 0.5) is 0 Å². The molecule has 0 aliphatic carbocycles. The minimum Gasteiger partial charge on any atom is -0.395 e. The molecular weight excluding hydrogens is 271 g/mol. The lowest BCUT2D eigenvalue weighted by Crippen LogP contribution is -2.36. The van der Waals surface area contributed by atoms with Gasteiger partial charge >= 0.3 is 0 Å². The first kappa shape index (κ1) is 15.7. The molecule has 1 aromatic heterocycles. The van der Waals surface area contributed by atoms with Crippen LogP contribution in [0.5, 0.6) is 0 Å². The van der Waals surface area contributed by atoms with Gasteiger partial charge in [0.1, 0.15) is 10.3 Å². The Bertz CT molecular complexity index is 370. The van der Waals surface area contributed by atoms with E-state index in [9.17, 15) is 0 Å². The standard InChI is InChI=1S/C13H20Cl2N2O/c1-3-11(4-2)17(7-8-18)9-10-5-6-12(14)16-13(10)15/h5-6,11,18H,3-4,7-9H2,1-2H3. The third-order valence-corrected chi connectivity index (χ3v) is 3.65. The first-order valence-corrected chi connectivity index (χ1v) is 7.03. The lowest BCUT2D eigenvalue weighted by atomic mass is 10.1. The molecule has 1 N–H and O–H groups in total. The molecule has 0 saturated heterocycles. The van der Waals surface area contributed by atoms with Gasteiger partial charge in [0, 0.05) is 24.7 Å². The fourth-order valence-corrected chi connectivity index (χ4v) is 2.51. The summed E-state index contributed by atoms with van der Waals surface area (Å²) in [7, 11) is 0. The second-order valence-electron chi connectivity index (χ2n) is 4.25. The van der Waals surface area contributed by atoms with Crippen molar-refractivity contribution in [3.63, 3.8) is 0 Å². The average molecular weight is 291 g/mol. The number of rotatable bonds is 7. The zero-order valence-corrected chi connectivity index (χ0v) is 12.4. The van der Waals surface area contributed by atoms with Gasteiger partial charge in [0.25, 0.3) is 0 Å². The summed E-state index contributed by atoms with van der Waals surface area (Å²) in [5.41, 5.74) is 0.946. The number of aromatic nitrogens is 1. The van der Waals surface area contributed by atoms with Crippen molar-refractivity contribution in [2.75, 3.05) is 13.2 Å². The highest BCUT2D eigenvalue weighted by atomic mass is 35.5. The molecule has 1 rings (SSSR count). The summed E-state index contributed by atoms with van der Waals surface area (Å²) in [5, 5.41) is 10.0. The van der Waals surface area contributed by atoms with Crippen molar-refractivity contribution in [3.8, 4) is 0 Å². The molecule has 0 amide bonds. The van der Waals surface area contributed by atoms with Gasteiger partial charge in [-0.25, -0.2) is 4.98 Å². The van der Waals surface area contributed by atoms with E-state index in [1.807, 2.05) is 6.07 Å². The Morgan fingerprint density at radius 3 is 2.44 bits per heavy atom. The van der Waals surface area contributed by atoms with Gasteiger partial charge < -0.3 is 5.11 Å². The van der Waals surface area contributed by atoms with E-state index in [0.29, 0.717) is 29.4 Å². The third kappa shape index (κ3) is 4.39. The Hall–Kier alpha value is -0.350. The Morgan fingerprint density at radius 1 is 1.28 bits per heavy atom. The molecule has 0 saturated carbocycles. The van der Waals surface area contributed by atoms with E-state index in [0.717, 1.165) is 18.4 Å². The van der Waals surface area contributed by atoms with Crippen LogP contribution in [0.2, 0.25) is 10.3 Å². The average Bonchev–Trinajstić information content (AvgIpc) is 2.34. The van der Waals surface area contributed by atoms with Crippen LogP contribution >= 0.6 is 23.2 Å². The molecule has 0 spiro atoms. The van der Waals surface area contributed by atoms with Crippen LogP contribution in [0.3, 0.4) is 0 Å². The summed E-state index contributed by atoms with van der Waals surface area (Å²) < 4.78 is 0. The molecule has 1 aromatic rings. The third-order valence-electron chi connectivity index (χ3n) is 3.11. The van der Waals surface area contributed by atoms with Gasteiger partial charge in [0.2, 0.25) is 0 Å². The number of pyridine rings is 1. The minimum absolute atomic E-state index is 0.148. The summed E-state index contributed by atoms with van der Waals surface area (Å²) in [6, 6.07) is 4.08. The Kier molecular flexibility index (Phi) is 6.94. The molecule has 3 nitrogen and oxygen atoms in total. The summed E-state index contributed by atoms with van der Waals surface area (Å²) in [6.07, 6.45) is 2.10. The number of halogens is 2. The van der Waals surface area contributed by atoms with Gasteiger partial charge in [-0.15, -0.1) is 0 Å². The predicted octanol–water partition coefficient (Wildman–Crippen LogP) is 3.37. The number of aliphatic hydroxyl groups is 1. The van der Waals surface area contributed by atoms with Crippen LogP contribution in [0.15, 0.2) is 12.1 Å². The van der Waals surface area contributed by atoms with Crippen molar-refractivity contribution >= 4 is 23.2 Å². The quantitative estimate of drug-likeness (QED) is 0.782. The van der Waals surface area contributed by atoms with Crippen LogP contribution in [-0.4, -0.2) is 34.2 Å². The fraction of sp³-hybridized carbons (Fsp3) is 0.615. The Labute approximate surface area is 119 Å². The molecule has 0 aromatic carbocycles. The highest BCUT2D eigenvalue weighted by Gasteiger charge is 2.16. The van der Waals surface area contributed by atoms with Crippen molar-refractivity contribution in [1.82, 2.24) is 9.88 Å². The van der Waals surface area contributed by atoms with E-state index < -0.39 is 0 Å². The molecule has 1 heterocycles. The van der Waals surface area contributed by atoms with Crippen molar-refractivity contribution < 1.29 is 5.11 Å².